The number of aromatic nitrogens is 1. The normalized spacial score (nSPS) is 21.9. The molecule has 4 nitrogen and oxygen atoms in total. The third-order valence-electron chi connectivity index (χ3n) is 1.67. The molecule has 0 aromatic carbocycles. The molecular weight excluding hydrogens is 250 g/mol. The largest absolute Gasteiger partial charge is 0.488 e. The molecule has 0 saturated carbocycles. The van der Waals surface area contributed by atoms with Crippen LogP contribution in [0.5, 0.6) is 5.88 Å². The number of pyridine rings is 1. The van der Waals surface area contributed by atoms with Crippen LogP contribution in [0, 0.1) is 0 Å². The van der Waals surface area contributed by atoms with Gasteiger partial charge in [-0.1, -0.05) is 0 Å². The minimum Gasteiger partial charge on any atom is -0.472 e. The Kier molecular flexibility index (Phi) is 1.66. The Morgan fingerprint density at radius 2 is 1.89 bits per heavy atom. The summed E-state index contributed by atoms with van der Waals surface area (Å²) in [6.07, 6.45) is -5.16. The van der Waals surface area contributed by atoms with Crippen LogP contribution in [0.15, 0.2) is 12.1 Å². The number of alkyl halides is 3. The monoisotopic (exact) mass is 272 g/mol. The first-order chi connectivity index (χ1) is 11.7. The second-order valence-electron chi connectivity index (χ2n) is 3.28. The zero-order valence-corrected chi connectivity index (χ0v) is 8.62. The molecule has 0 radical (unpaired) electrons. The van der Waals surface area contributed by atoms with Crippen molar-refractivity contribution >= 4 is 12.6 Å². The van der Waals surface area contributed by atoms with E-state index in [-0.39, 0.29) is 6.07 Å². The van der Waals surface area contributed by atoms with E-state index in [2.05, 4.69) is 9.72 Å². The van der Waals surface area contributed by atoms with E-state index in [9.17, 15) is 13.2 Å². The molecule has 1 rings (SSSR count). The Bertz CT molecular complexity index is 652. The number of halogens is 3. The van der Waals surface area contributed by atoms with Crippen LogP contribution >= 0.6 is 0 Å². The van der Waals surface area contributed by atoms with Crippen LogP contribution < -0.4 is 10.2 Å². The van der Waals surface area contributed by atoms with Crippen molar-refractivity contribution in [2.45, 2.75) is 32.3 Å². The van der Waals surface area contributed by atoms with Crippen molar-refractivity contribution in [2.75, 3.05) is 0 Å². The highest BCUT2D eigenvalue weighted by atomic mass is 19.4. The van der Waals surface area contributed by atoms with Crippen LogP contribution in [0.4, 0.5) is 13.2 Å². The maximum Gasteiger partial charge on any atom is 0.488 e. The third kappa shape index (κ3) is 4.19. The van der Waals surface area contributed by atoms with Crippen LogP contribution in [-0.4, -0.2) is 27.8 Å². The molecule has 0 aliphatic rings. The molecule has 8 heteroatoms. The third-order valence-corrected chi connectivity index (χ3v) is 1.67. The molecular formula is C10H13BF3NO3. The van der Waals surface area contributed by atoms with Crippen LogP contribution in [0.3, 0.4) is 0 Å². The summed E-state index contributed by atoms with van der Waals surface area (Å²) >= 11 is 0. The average molecular weight is 272 g/mol. The maximum absolute atomic E-state index is 12.9. The van der Waals surface area contributed by atoms with Gasteiger partial charge in [0.1, 0.15) is 11.3 Å². The lowest BCUT2D eigenvalue weighted by Crippen LogP contribution is -2.33. The molecule has 0 atom stereocenters. The molecule has 1 aromatic rings. The van der Waals surface area contributed by atoms with Gasteiger partial charge in [-0.15, -0.1) is 0 Å². The van der Waals surface area contributed by atoms with E-state index in [4.69, 9.17) is 22.4 Å². The topological polar surface area (TPSA) is 62.6 Å². The summed E-state index contributed by atoms with van der Waals surface area (Å²) in [5.74, 6) is -1.36. The lowest BCUT2D eigenvalue weighted by Gasteiger charge is -2.21. The van der Waals surface area contributed by atoms with Gasteiger partial charge >= 0.3 is 13.3 Å². The second kappa shape index (κ2) is 4.77. The first kappa shape index (κ1) is 6.25. The summed E-state index contributed by atoms with van der Waals surface area (Å²) in [5.41, 5.74) is -6.58. The second-order valence-corrected chi connectivity index (χ2v) is 3.28. The van der Waals surface area contributed by atoms with Gasteiger partial charge in [0.2, 0.25) is 5.88 Å². The Labute approximate surface area is 115 Å². The Hall–Kier alpha value is -1.28. The molecule has 0 saturated heterocycles. The van der Waals surface area contributed by atoms with Gasteiger partial charge in [-0.05, 0) is 32.1 Å². The molecule has 1 aromatic heterocycles. The molecule has 18 heavy (non-hydrogen) atoms. The van der Waals surface area contributed by atoms with Gasteiger partial charge in [0, 0.05) is 18.4 Å². The number of nitrogens with zero attached hydrogens (tertiary/aromatic N) is 1. The molecule has 0 amide bonds. The quantitative estimate of drug-likeness (QED) is 0.787. The van der Waals surface area contributed by atoms with Crippen molar-refractivity contribution in [1.82, 2.24) is 4.98 Å². The fourth-order valence-corrected chi connectivity index (χ4v) is 1.03. The van der Waals surface area contributed by atoms with E-state index in [1.54, 1.807) is 0 Å². The van der Waals surface area contributed by atoms with Crippen LogP contribution in [0.25, 0.3) is 0 Å². The van der Waals surface area contributed by atoms with Crippen molar-refractivity contribution in [1.29, 1.82) is 0 Å². The van der Waals surface area contributed by atoms with Crippen molar-refractivity contribution < 1.29 is 40.3 Å². The van der Waals surface area contributed by atoms with Crippen LogP contribution in [-0.2, 0) is 6.18 Å². The van der Waals surface area contributed by atoms with Gasteiger partial charge < -0.3 is 14.8 Å². The summed E-state index contributed by atoms with van der Waals surface area (Å²) in [5, 5.41) is 18.2. The molecule has 0 bridgehead atoms. The van der Waals surface area contributed by atoms with Crippen LogP contribution in [0.2, 0.25) is 0 Å². The molecule has 2 N–H and O–H groups in total. The summed E-state index contributed by atoms with van der Waals surface area (Å²) in [6.45, 7) is -11.5. The molecule has 0 unspecified atom stereocenters. The zero-order chi connectivity index (χ0) is 21.6. The molecule has 0 aliphatic heterocycles. The smallest absolute Gasteiger partial charge is 0.472 e. The van der Waals surface area contributed by atoms with Crippen LogP contribution in [0.1, 0.15) is 38.6 Å². The van der Waals surface area contributed by atoms with E-state index in [1.165, 1.54) is 0 Å². The van der Waals surface area contributed by atoms with Gasteiger partial charge in [-0.25, -0.2) is 4.98 Å². The standard InChI is InChI=1S/C10H13BF3NO3/c1-9(2,3)18-8-5-6(11(16)17)4-7(15-8)10(12,13)14/h4-5,16-17H,1-3H3/i1D3,2D3,3D3. The predicted molar refractivity (Wildman–Crippen MR) is 59.4 cm³/mol. The van der Waals surface area contributed by atoms with E-state index >= 15 is 0 Å². The number of hydrogen-bond donors (Lipinski definition) is 2. The number of ether oxygens (including phenoxy) is 1. The highest BCUT2D eigenvalue weighted by Gasteiger charge is 2.34. The maximum atomic E-state index is 12.9. The first-order valence-electron chi connectivity index (χ1n) is 8.88. The average Bonchev–Trinajstić information content (AvgIpc) is 2.39. The summed E-state index contributed by atoms with van der Waals surface area (Å²) in [7, 11) is -2.49. The van der Waals surface area contributed by atoms with E-state index in [1.807, 2.05) is 0 Å². The van der Waals surface area contributed by atoms with Gasteiger partial charge in [-0.2, -0.15) is 13.2 Å². The number of rotatable bonds is 2. The Morgan fingerprint density at radius 1 is 1.28 bits per heavy atom. The minimum atomic E-state index is -5.16. The van der Waals surface area contributed by atoms with E-state index in [0.717, 1.165) is 0 Å². The van der Waals surface area contributed by atoms with Gasteiger partial charge in [0.05, 0.1) is 0 Å². The highest BCUT2D eigenvalue weighted by molar-refractivity contribution is 6.58. The summed E-state index contributed by atoms with van der Waals surface area (Å²) in [4.78, 5) is 2.89. The van der Waals surface area contributed by atoms with Crippen molar-refractivity contribution in [2.24, 2.45) is 0 Å². The van der Waals surface area contributed by atoms with Crippen molar-refractivity contribution in [3.8, 4) is 5.88 Å². The van der Waals surface area contributed by atoms with Gasteiger partial charge in [0.25, 0.3) is 0 Å². The fraction of sp³-hybridized carbons (Fsp3) is 0.500. The van der Waals surface area contributed by atoms with E-state index < -0.39 is 56.5 Å². The van der Waals surface area contributed by atoms with Gasteiger partial charge in [0.15, 0.2) is 0 Å². The lowest BCUT2D eigenvalue weighted by atomic mass is 9.80. The van der Waals surface area contributed by atoms with Gasteiger partial charge in [-0.3, -0.25) is 0 Å². The lowest BCUT2D eigenvalue weighted by molar-refractivity contribution is -0.141. The molecule has 0 spiro atoms. The predicted octanol–water partition coefficient (Wildman–Crippen LogP) is 0.958. The number of hydrogen-bond acceptors (Lipinski definition) is 4. The SMILES string of the molecule is [2H]C([2H])([2H])C(Oc1cc(B(O)O)cc(C(F)(F)F)n1)(C([2H])([2H])[2H])C([2H])([2H])[2H]. The summed E-state index contributed by atoms with van der Waals surface area (Å²) < 4.78 is 110. The van der Waals surface area contributed by atoms with Crippen molar-refractivity contribution in [3.05, 3.63) is 17.8 Å². The molecule has 0 aliphatic carbocycles. The fourth-order valence-electron chi connectivity index (χ4n) is 1.03. The first-order valence-corrected chi connectivity index (χ1v) is 4.38. The molecule has 100 valence electrons. The van der Waals surface area contributed by atoms with E-state index in [0.29, 0.717) is 6.07 Å². The minimum absolute atomic E-state index is 0.194. The zero-order valence-electron chi connectivity index (χ0n) is 17.6. The Balaban J connectivity index is 3.75. The highest BCUT2D eigenvalue weighted by Crippen LogP contribution is 2.28. The van der Waals surface area contributed by atoms with Crippen molar-refractivity contribution in [3.63, 3.8) is 0 Å². The Morgan fingerprint density at radius 3 is 2.33 bits per heavy atom. The summed E-state index contributed by atoms with van der Waals surface area (Å²) in [6, 6.07) is 0.594. The molecule has 0 fully saturated rings. The molecule has 1 heterocycles.